The van der Waals surface area contributed by atoms with Crippen LogP contribution in [0.4, 0.5) is 19.0 Å². The van der Waals surface area contributed by atoms with Gasteiger partial charge in [-0.1, -0.05) is 39.0 Å². The number of carbonyl (C=O) groups is 2. The highest BCUT2D eigenvalue weighted by Crippen LogP contribution is 2.34. The molecule has 0 bridgehead atoms. The van der Waals surface area contributed by atoms with Crippen LogP contribution >= 0.6 is 0 Å². The van der Waals surface area contributed by atoms with Gasteiger partial charge in [-0.2, -0.15) is 5.10 Å². The second-order valence-corrected chi connectivity index (χ2v) is 11.1. The molecule has 2 atom stereocenters. The van der Waals surface area contributed by atoms with E-state index in [2.05, 4.69) is 15.4 Å². The number of halogens is 3. The summed E-state index contributed by atoms with van der Waals surface area (Å²) in [5.74, 6) is -3.21. The maximum absolute atomic E-state index is 14.9. The van der Waals surface area contributed by atoms with Gasteiger partial charge in [-0.25, -0.2) is 22.7 Å². The van der Waals surface area contributed by atoms with Crippen molar-refractivity contribution in [2.24, 2.45) is 5.41 Å². The highest BCUT2D eigenvalue weighted by molar-refractivity contribution is 6.01. The number of nitrogens with zero attached hydrogens (tertiary/aromatic N) is 5. The molecule has 2 fully saturated rings. The Hall–Kier alpha value is -3.67. The smallest absolute Gasteiger partial charge is 0.272 e. The summed E-state index contributed by atoms with van der Waals surface area (Å²) in [7, 11) is 0. The van der Waals surface area contributed by atoms with Crippen molar-refractivity contribution in [3.63, 3.8) is 0 Å². The average molecular weight is 530 g/mol. The largest absolute Gasteiger partial charge is 0.382 e. The molecule has 202 valence electrons. The van der Waals surface area contributed by atoms with E-state index < -0.39 is 29.5 Å². The summed E-state index contributed by atoms with van der Waals surface area (Å²) >= 11 is 0. The van der Waals surface area contributed by atoms with Gasteiger partial charge in [0.05, 0.1) is 31.4 Å². The van der Waals surface area contributed by atoms with E-state index in [4.69, 9.17) is 5.73 Å². The summed E-state index contributed by atoms with van der Waals surface area (Å²) in [5.41, 5.74) is 7.91. The Kier molecular flexibility index (Phi) is 6.33. The third kappa shape index (κ3) is 4.80. The molecule has 1 aromatic carbocycles. The number of aromatic nitrogens is 3. The first-order valence-electron chi connectivity index (χ1n) is 12.4. The summed E-state index contributed by atoms with van der Waals surface area (Å²) in [4.78, 5) is 33.1. The van der Waals surface area contributed by atoms with Crippen molar-refractivity contribution in [1.29, 1.82) is 0 Å². The van der Waals surface area contributed by atoms with E-state index in [0.29, 0.717) is 22.3 Å². The molecule has 2 saturated heterocycles. The summed E-state index contributed by atoms with van der Waals surface area (Å²) in [6.07, 6.45) is -0.122. The molecule has 2 aromatic heterocycles. The van der Waals surface area contributed by atoms with E-state index >= 15 is 0 Å². The van der Waals surface area contributed by atoms with Crippen molar-refractivity contribution < 1.29 is 22.8 Å². The Morgan fingerprint density at radius 3 is 2.58 bits per heavy atom. The molecule has 0 radical (unpaired) electrons. The first-order valence-corrected chi connectivity index (χ1v) is 12.4. The van der Waals surface area contributed by atoms with Crippen molar-refractivity contribution in [3.8, 4) is 11.3 Å². The predicted molar refractivity (Wildman–Crippen MR) is 135 cm³/mol. The second-order valence-electron chi connectivity index (χ2n) is 11.1. The first-order chi connectivity index (χ1) is 17.8. The van der Waals surface area contributed by atoms with Crippen molar-refractivity contribution >= 4 is 23.1 Å². The highest BCUT2D eigenvalue weighted by Gasteiger charge is 2.44. The fraction of sp³-hybridized carbons (Fsp3) is 0.462. The molecule has 2 aliphatic rings. The Labute approximate surface area is 217 Å². The quantitative estimate of drug-likeness (QED) is 0.526. The van der Waals surface area contributed by atoms with E-state index in [9.17, 15) is 22.8 Å². The summed E-state index contributed by atoms with van der Waals surface area (Å²) in [6, 6.07) is 7.70. The molecular formula is C26H30F3N7O2. The number of rotatable bonds is 5. The van der Waals surface area contributed by atoms with Crippen molar-refractivity contribution in [2.75, 3.05) is 31.9 Å². The number of likely N-dealkylation sites (tertiary alicyclic amines) is 2. The molecule has 3 N–H and O–H groups in total. The van der Waals surface area contributed by atoms with Crippen molar-refractivity contribution in [1.82, 2.24) is 29.7 Å². The van der Waals surface area contributed by atoms with Gasteiger partial charge >= 0.3 is 0 Å². The predicted octanol–water partition coefficient (Wildman–Crippen LogP) is 2.75. The fourth-order valence-electron chi connectivity index (χ4n) is 5.11. The van der Waals surface area contributed by atoms with Crippen LogP contribution in [0.5, 0.6) is 0 Å². The number of hydrogen-bond acceptors (Lipinski definition) is 6. The number of nitrogens with two attached hydrogens (primary N) is 1. The first kappa shape index (κ1) is 26.0. The molecule has 4 heterocycles. The molecule has 2 amide bonds. The average Bonchev–Trinajstić information content (AvgIpc) is 3.38. The summed E-state index contributed by atoms with van der Waals surface area (Å²) < 4.78 is 43.3. The van der Waals surface area contributed by atoms with Crippen molar-refractivity contribution in [3.05, 3.63) is 47.8 Å². The number of nitrogens with one attached hydrogen (secondary N) is 1. The van der Waals surface area contributed by atoms with E-state index in [0.717, 1.165) is 0 Å². The van der Waals surface area contributed by atoms with Crippen LogP contribution in [0.1, 0.15) is 36.7 Å². The Bertz CT molecular complexity index is 1390. The molecule has 3 aromatic rings. The van der Waals surface area contributed by atoms with Gasteiger partial charge in [0.1, 0.15) is 18.0 Å². The number of amides is 2. The standard InChI is InChI=1S/C26H30F3N7O2/c1-25(2,3)24(38)35-10-18(27)19(11-35)33-23(37)17-7-5-4-6-16(17)20-8-15(9-34-12-26(28,29)13-34)21-22(30)31-14-32-36(20)21/h4-8,14,18-19H,9-13H2,1-3H3,(H,33,37)(H2,30,31,32)/t18-,19+/m0/s1. The molecule has 38 heavy (non-hydrogen) atoms. The van der Waals surface area contributed by atoms with Gasteiger partial charge in [-0.3, -0.25) is 14.5 Å². The minimum absolute atomic E-state index is 0.0770. The zero-order valence-electron chi connectivity index (χ0n) is 21.4. The number of benzene rings is 1. The topological polar surface area (TPSA) is 109 Å². The fourth-order valence-corrected chi connectivity index (χ4v) is 5.11. The number of hydrogen-bond donors (Lipinski definition) is 2. The minimum Gasteiger partial charge on any atom is -0.382 e. The third-order valence-corrected chi connectivity index (χ3v) is 6.91. The molecular weight excluding hydrogens is 499 g/mol. The monoisotopic (exact) mass is 529 g/mol. The molecule has 9 nitrogen and oxygen atoms in total. The highest BCUT2D eigenvalue weighted by atomic mass is 19.3. The summed E-state index contributed by atoms with van der Waals surface area (Å²) in [6.45, 7) is 4.81. The molecule has 0 aliphatic carbocycles. The van der Waals surface area contributed by atoms with Crippen LogP contribution in [0.15, 0.2) is 36.7 Å². The lowest BCUT2D eigenvalue weighted by molar-refractivity contribution is -0.138. The van der Waals surface area contributed by atoms with E-state index in [1.807, 2.05) is 0 Å². The summed E-state index contributed by atoms with van der Waals surface area (Å²) in [5, 5.41) is 7.06. The zero-order chi connectivity index (χ0) is 27.4. The van der Waals surface area contributed by atoms with Crippen LogP contribution in [-0.2, 0) is 11.3 Å². The minimum atomic E-state index is -2.72. The van der Waals surface area contributed by atoms with Crippen LogP contribution in [0.3, 0.4) is 0 Å². The maximum Gasteiger partial charge on any atom is 0.272 e. The molecule has 0 saturated carbocycles. The molecule has 12 heteroatoms. The van der Waals surface area contributed by atoms with Crippen LogP contribution in [-0.4, -0.2) is 80.5 Å². The lowest BCUT2D eigenvalue weighted by Crippen LogP contribution is -2.55. The number of anilines is 1. The molecule has 0 spiro atoms. The lowest BCUT2D eigenvalue weighted by atomic mass is 9.95. The van der Waals surface area contributed by atoms with Gasteiger partial charge in [0, 0.05) is 29.6 Å². The van der Waals surface area contributed by atoms with Crippen LogP contribution in [0.2, 0.25) is 0 Å². The third-order valence-electron chi connectivity index (χ3n) is 6.91. The van der Waals surface area contributed by atoms with Gasteiger partial charge in [0.2, 0.25) is 5.91 Å². The second kappa shape index (κ2) is 9.26. The molecule has 5 rings (SSSR count). The lowest BCUT2D eigenvalue weighted by Gasteiger charge is -2.38. The Balaban J connectivity index is 1.43. The molecule has 2 aliphatic heterocycles. The van der Waals surface area contributed by atoms with Crippen LogP contribution < -0.4 is 11.1 Å². The number of nitrogen functional groups attached to an aromatic ring is 1. The van der Waals surface area contributed by atoms with Gasteiger partial charge in [0.25, 0.3) is 11.8 Å². The van der Waals surface area contributed by atoms with Crippen LogP contribution in [0, 0.1) is 5.41 Å². The van der Waals surface area contributed by atoms with Gasteiger partial charge in [-0.15, -0.1) is 0 Å². The van der Waals surface area contributed by atoms with Gasteiger partial charge in [-0.05, 0) is 17.7 Å². The zero-order valence-corrected chi connectivity index (χ0v) is 21.4. The normalized spacial score (nSPS) is 21.5. The maximum atomic E-state index is 14.9. The van der Waals surface area contributed by atoms with Crippen molar-refractivity contribution in [2.45, 2.75) is 45.5 Å². The van der Waals surface area contributed by atoms with E-state index in [1.54, 1.807) is 60.5 Å². The number of alkyl halides is 3. The van der Waals surface area contributed by atoms with Gasteiger partial charge in [0.15, 0.2) is 5.82 Å². The van der Waals surface area contributed by atoms with Crippen LogP contribution in [0.25, 0.3) is 16.8 Å². The number of carbonyl (C=O) groups excluding carboxylic acids is 2. The van der Waals surface area contributed by atoms with E-state index in [1.165, 1.54) is 11.2 Å². The van der Waals surface area contributed by atoms with Gasteiger partial charge < -0.3 is 16.0 Å². The Morgan fingerprint density at radius 1 is 1.18 bits per heavy atom. The van der Waals surface area contributed by atoms with E-state index in [-0.39, 0.29) is 50.0 Å². The Morgan fingerprint density at radius 2 is 1.89 bits per heavy atom. The molecule has 0 unspecified atom stereocenters. The SMILES string of the molecule is CC(C)(C)C(=O)N1C[C@H](F)[C@H](NC(=O)c2ccccc2-c2cc(CN3CC(F)(F)C3)c3c(N)ncnn23)C1. The number of fused-ring (bicyclic) bond motifs is 1.